The quantitative estimate of drug-likeness (QED) is 0.842. The van der Waals surface area contributed by atoms with Crippen LogP contribution in [0.15, 0.2) is 48.8 Å². The third-order valence-corrected chi connectivity index (χ3v) is 4.50. The number of benzene rings is 1. The third-order valence-electron chi connectivity index (χ3n) is 4.50. The Labute approximate surface area is 143 Å². The van der Waals surface area contributed by atoms with Crippen molar-refractivity contribution < 1.29 is 4.79 Å². The number of aromatic nitrogens is 1. The van der Waals surface area contributed by atoms with Crippen molar-refractivity contribution in [3.05, 3.63) is 59.9 Å². The van der Waals surface area contributed by atoms with E-state index in [0.29, 0.717) is 18.9 Å². The molecule has 1 unspecified atom stereocenters. The van der Waals surface area contributed by atoms with Crippen molar-refractivity contribution in [3.8, 4) is 0 Å². The van der Waals surface area contributed by atoms with Crippen molar-refractivity contribution in [2.75, 3.05) is 11.9 Å². The highest BCUT2D eigenvalue weighted by Crippen LogP contribution is 2.24. The molecule has 24 heavy (non-hydrogen) atoms. The van der Waals surface area contributed by atoms with Crippen LogP contribution in [0.5, 0.6) is 0 Å². The van der Waals surface area contributed by atoms with Gasteiger partial charge in [-0.3, -0.25) is 9.78 Å². The van der Waals surface area contributed by atoms with Crippen LogP contribution in [0.4, 0.5) is 5.69 Å². The molecule has 1 aliphatic rings. The maximum atomic E-state index is 12.1. The van der Waals surface area contributed by atoms with Gasteiger partial charge in [0.2, 0.25) is 5.91 Å². The normalized spacial score (nSPS) is 17.3. The summed E-state index contributed by atoms with van der Waals surface area (Å²) in [5.74, 6) is 0.797. The van der Waals surface area contributed by atoms with Crippen molar-refractivity contribution in [2.45, 2.75) is 39.3 Å². The number of pyridine rings is 1. The molecule has 4 heteroatoms. The molecule has 0 bridgehead atoms. The minimum atomic E-state index is 0.274. The van der Waals surface area contributed by atoms with E-state index < -0.39 is 0 Å². The van der Waals surface area contributed by atoms with Gasteiger partial charge in [0.25, 0.3) is 0 Å². The van der Waals surface area contributed by atoms with Gasteiger partial charge in [-0.1, -0.05) is 43.7 Å². The predicted octanol–water partition coefficient (Wildman–Crippen LogP) is 3.84. The van der Waals surface area contributed by atoms with Crippen LogP contribution in [0.3, 0.4) is 0 Å². The Morgan fingerprint density at radius 2 is 2.04 bits per heavy atom. The standard InChI is InChI=1S/C20H25N3O/c1-2-6-17-10-20(24)23(14-17)15-18-9-19(13-21-11-18)22-12-16-7-4-3-5-8-16/h3-5,7-9,11,13,17,22H,2,6,10,12,14-15H2,1H3. The lowest BCUT2D eigenvalue weighted by Crippen LogP contribution is -2.24. The van der Waals surface area contributed by atoms with E-state index in [4.69, 9.17) is 0 Å². The second kappa shape index (κ2) is 7.95. The molecule has 3 rings (SSSR count). The van der Waals surface area contributed by atoms with Crippen LogP contribution in [0.25, 0.3) is 0 Å². The Morgan fingerprint density at radius 1 is 1.21 bits per heavy atom. The largest absolute Gasteiger partial charge is 0.380 e. The number of carbonyl (C=O) groups is 1. The lowest BCUT2D eigenvalue weighted by atomic mass is 10.0. The summed E-state index contributed by atoms with van der Waals surface area (Å²) in [6.45, 7) is 4.49. The van der Waals surface area contributed by atoms with Gasteiger partial charge in [-0.2, -0.15) is 0 Å². The maximum absolute atomic E-state index is 12.1. The molecule has 4 nitrogen and oxygen atoms in total. The molecule has 0 spiro atoms. The first-order valence-corrected chi connectivity index (χ1v) is 8.74. The summed E-state index contributed by atoms with van der Waals surface area (Å²) in [6.07, 6.45) is 6.67. The van der Waals surface area contributed by atoms with E-state index in [2.05, 4.69) is 35.4 Å². The second-order valence-corrected chi connectivity index (χ2v) is 6.55. The van der Waals surface area contributed by atoms with E-state index in [1.807, 2.05) is 35.5 Å². The average molecular weight is 323 g/mol. The van der Waals surface area contributed by atoms with Crippen molar-refractivity contribution in [2.24, 2.45) is 5.92 Å². The zero-order valence-electron chi connectivity index (χ0n) is 14.2. The van der Waals surface area contributed by atoms with Gasteiger partial charge < -0.3 is 10.2 Å². The van der Waals surface area contributed by atoms with E-state index in [1.54, 1.807) is 0 Å². The first-order chi connectivity index (χ1) is 11.7. The van der Waals surface area contributed by atoms with Crippen LogP contribution in [-0.4, -0.2) is 22.3 Å². The van der Waals surface area contributed by atoms with Crippen LogP contribution < -0.4 is 5.32 Å². The zero-order valence-corrected chi connectivity index (χ0v) is 14.2. The number of likely N-dealkylation sites (tertiary alicyclic amines) is 1. The SMILES string of the molecule is CCCC1CC(=O)N(Cc2cncc(NCc3ccccc3)c2)C1. The van der Waals surface area contributed by atoms with Crippen molar-refractivity contribution in [3.63, 3.8) is 0 Å². The predicted molar refractivity (Wildman–Crippen MR) is 96.4 cm³/mol. The van der Waals surface area contributed by atoms with Gasteiger partial charge in [0.05, 0.1) is 5.69 Å². The number of hydrogen-bond acceptors (Lipinski definition) is 3. The molecule has 1 aromatic carbocycles. The first kappa shape index (κ1) is 16.5. The average Bonchev–Trinajstić information content (AvgIpc) is 2.94. The molecule has 2 aromatic rings. The summed E-state index contributed by atoms with van der Waals surface area (Å²) in [5.41, 5.74) is 3.31. The van der Waals surface area contributed by atoms with Gasteiger partial charge in [-0.05, 0) is 29.5 Å². The molecule has 1 saturated heterocycles. The Hall–Kier alpha value is -2.36. The lowest BCUT2D eigenvalue weighted by Gasteiger charge is -2.17. The Kier molecular flexibility index (Phi) is 5.47. The van der Waals surface area contributed by atoms with Crippen molar-refractivity contribution in [1.82, 2.24) is 9.88 Å². The van der Waals surface area contributed by atoms with Gasteiger partial charge in [-0.25, -0.2) is 0 Å². The molecule has 1 amide bonds. The third kappa shape index (κ3) is 4.34. The van der Waals surface area contributed by atoms with Crippen LogP contribution in [0.1, 0.15) is 37.3 Å². The number of amides is 1. The minimum Gasteiger partial charge on any atom is -0.380 e. The monoisotopic (exact) mass is 323 g/mol. The number of anilines is 1. The molecule has 126 valence electrons. The number of carbonyl (C=O) groups excluding carboxylic acids is 1. The van der Waals surface area contributed by atoms with E-state index in [-0.39, 0.29) is 5.91 Å². The highest BCUT2D eigenvalue weighted by atomic mass is 16.2. The van der Waals surface area contributed by atoms with Gasteiger partial charge in [0.15, 0.2) is 0 Å². The molecular weight excluding hydrogens is 298 g/mol. The smallest absolute Gasteiger partial charge is 0.223 e. The number of hydrogen-bond donors (Lipinski definition) is 1. The molecule has 1 N–H and O–H groups in total. The second-order valence-electron chi connectivity index (χ2n) is 6.55. The summed E-state index contributed by atoms with van der Waals surface area (Å²) < 4.78 is 0. The van der Waals surface area contributed by atoms with E-state index >= 15 is 0 Å². The maximum Gasteiger partial charge on any atom is 0.223 e. The molecular formula is C20H25N3O. The molecule has 1 aliphatic heterocycles. The minimum absolute atomic E-state index is 0.274. The van der Waals surface area contributed by atoms with E-state index in [9.17, 15) is 4.79 Å². The summed E-state index contributed by atoms with van der Waals surface area (Å²) in [5, 5.41) is 3.40. The number of rotatable bonds is 7. The lowest BCUT2D eigenvalue weighted by molar-refractivity contribution is -0.128. The van der Waals surface area contributed by atoms with Crippen LogP contribution in [0, 0.1) is 5.92 Å². The zero-order chi connectivity index (χ0) is 16.8. The highest BCUT2D eigenvalue weighted by Gasteiger charge is 2.28. The van der Waals surface area contributed by atoms with E-state index in [1.165, 1.54) is 5.56 Å². The summed E-state index contributed by atoms with van der Waals surface area (Å²) in [7, 11) is 0. The molecule has 1 aromatic heterocycles. The molecule has 1 fully saturated rings. The van der Waals surface area contributed by atoms with Crippen LogP contribution in [0.2, 0.25) is 0 Å². The Balaban J connectivity index is 1.58. The highest BCUT2D eigenvalue weighted by molar-refractivity contribution is 5.78. The molecule has 1 atom stereocenters. The van der Waals surface area contributed by atoms with Gasteiger partial charge in [0, 0.05) is 38.4 Å². The van der Waals surface area contributed by atoms with Gasteiger partial charge >= 0.3 is 0 Å². The number of nitrogens with one attached hydrogen (secondary N) is 1. The molecule has 2 heterocycles. The van der Waals surface area contributed by atoms with Crippen molar-refractivity contribution in [1.29, 1.82) is 0 Å². The number of nitrogens with zero attached hydrogens (tertiary/aromatic N) is 2. The molecule has 0 aliphatic carbocycles. The first-order valence-electron chi connectivity index (χ1n) is 8.74. The molecule has 0 radical (unpaired) electrons. The molecule has 0 saturated carbocycles. The van der Waals surface area contributed by atoms with Crippen molar-refractivity contribution >= 4 is 11.6 Å². The van der Waals surface area contributed by atoms with Gasteiger partial charge in [-0.15, -0.1) is 0 Å². The summed E-state index contributed by atoms with van der Waals surface area (Å²) in [6, 6.07) is 12.4. The fraction of sp³-hybridized carbons (Fsp3) is 0.400. The van der Waals surface area contributed by atoms with Gasteiger partial charge in [0.1, 0.15) is 0 Å². The fourth-order valence-electron chi connectivity index (χ4n) is 3.30. The van der Waals surface area contributed by atoms with Crippen LogP contribution >= 0.6 is 0 Å². The van der Waals surface area contributed by atoms with E-state index in [0.717, 1.165) is 37.2 Å². The Bertz CT molecular complexity index is 672. The summed E-state index contributed by atoms with van der Waals surface area (Å²) >= 11 is 0. The topological polar surface area (TPSA) is 45.2 Å². The summed E-state index contributed by atoms with van der Waals surface area (Å²) in [4.78, 5) is 18.4. The van der Waals surface area contributed by atoms with Crippen LogP contribution in [-0.2, 0) is 17.9 Å². The Morgan fingerprint density at radius 3 is 2.83 bits per heavy atom. The fourth-order valence-corrected chi connectivity index (χ4v) is 3.30.